The molecule has 1 aliphatic rings. The lowest BCUT2D eigenvalue weighted by molar-refractivity contribution is 0.236. The number of rotatable bonds is 3. The van der Waals surface area contributed by atoms with Crippen molar-refractivity contribution in [3.63, 3.8) is 0 Å². The lowest BCUT2D eigenvalue weighted by atomic mass is 10.1. The van der Waals surface area contributed by atoms with Crippen molar-refractivity contribution in [3.05, 3.63) is 64.2 Å². The molecule has 0 spiro atoms. The molecular formula is C17H19ClN2. The van der Waals surface area contributed by atoms with Crippen LogP contribution in [0.1, 0.15) is 29.2 Å². The van der Waals surface area contributed by atoms with E-state index in [0.717, 1.165) is 23.7 Å². The second kappa shape index (κ2) is 5.47. The van der Waals surface area contributed by atoms with Crippen molar-refractivity contribution in [2.75, 3.05) is 12.8 Å². The van der Waals surface area contributed by atoms with Crippen molar-refractivity contribution >= 4 is 17.3 Å². The van der Waals surface area contributed by atoms with E-state index in [-0.39, 0.29) is 0 Å². The third kappa shape index (κ3) is 2.67. The monoisotopic (exact) mass is 286 g/mol. The first-order chi connectivity index (χ1) is 9.63. The quantitative estimate of drug-likeness (QED) is 0.863. The first-order valence-electron chi connectivity index (χ1n) is 6.96. The number of fused-ring (bicyclic) bond motifs is 1. The van der Waals surface area contributed by atoms with Crippen molar-refractivity contribution in [3.8, 4) is 0 Å². The Hall–Kier alpha value is -1.51. The minimum absolute atomic E-state index is 0.487. The fourth-order valence-corrected chi connectivity index (χ4v) is 3.19. The van der Waals surface area contributed by atoms with Gasteiger partial charge in [0.15, 0.2) is 0 Å². The molecule has 0 fully saturated rings. The maximum atomic E-state index is 5.93. The highest BCUT2D eigenvalue weighted by molar-refractivity contribution is 6.30. The van der Waals surface area contributed by atoms with E-state index in [2.05, 4.69) is 36.2 Å². The number of anilines is 1. The molecule has 0 bridgehead atoms. The zero-order valence-corrected chi connectivity index (χ0v) is 12.4. The Bertz CT molecular complexity index is 607. The van der Waals surface area contributed by atoms with Gasteiger partial charge >= 0.3 is 0 Å². The molecule has 3 rings (SSSR count). The van der Waals surface area contributed by atoms with Crippen LogP contribution in [-0.4, -0.2) is 11.9 Å². The number of halogens is 1. The van der Waals surface area contributed by atoms with Gasteiger partial charge in [-0.05, 0) is 60.8 Å². The van der Waals surface area contributed by atoms with Crippen molar-refractivity contribution in [1.29, 1.82) is 0 Å². The fourth-order valence-electron chi connectivity index (χ4n) is 3.06. The van der Waals surface area contributed by atoms with E-state index in [0.29, 0.717) is 6.04 Å². The number of aryl methyl sites for hydroxylation is 1. The lowest BCUT2D eigenvalue weighted by Crippen LogP contribution is -2.22. The summed E-state index contributed by atoms with van der Waals surface area (Å²) in [4.78, 5) is 2.41. The Morgan fingerprint density at radius 2 is 1.95 bits per heavy atom. The highest BCUT2D eigenvalue weighted by Crippen LogP contribution is 2.36. The van der Waals surface area contributed by atoms with Crippen LogP contribution in [0, 0.1) is 0 Å². The molecular weight excluding hydrogens is 268 g/mol. The molecule has 0 saturated carbocycles. The summed E-state index contributed by atoms with van der Waals surface area (Å²) in [6, 6.07) is 14.9. The predicted molar refractivity (Wildman–Crippen MR) is 84.8 cm³/mol. The highest BCUT2D eigenvalue weighted by atomic mass is 35.5. The van der Waals surface area contributed by atoms with Crippen molar-refractivity contribution in [1.82, 2.24) is 4.90 Å². The minimum Gasteiger partial charge on any atom is -0.399 e. The van der Waals surface area contributed by atoms with Crippen molar-refractivity contribution < 1.29 is 0 Å². The predicted octanol–water partition coefficient (Wildman–Crippen LogP) is 4.04. The SMILES string of the molecule is CN(Cc1ccc(Cl)cc1)C1CCc2cc(N)ccc21. The largest absolute Gasteiger partial charge is 0.399 e. The van der Waals surface area contributed by atoms with Crippen molar-refractivity contribution in [2.24, 2.45) is 0 Å². The maximum Gasteiger partial charge on any atom is 0.0406 e. The van der Waals surface area contributed by atoms with Gasteiger partial charge in [-0.3, -0.25) is 4.90 Å². The second-order valence-corrected chi connectivity index (χ2v) is 5.99. The van der Waals surface area contributed by atoms with Gasteiger partial charge in [-0.1, -0.05) is 29.8 Å². The summed E-state index contributed by atoms with van der Waals surface area (Å²) >= 11 is 5.93. The average Bonchev–Trinajstić information content (AvgIpc) is 2.84. The number of nitrogens with two attached hydrogens (primary N) is 1. The van der Waals surface area contributed by atoms with Crippen LogP contribution in [0.4, 0.5) is 5.69 Å². The van der Waals surface area contributed by atoms with Crippen LogP contribution in [0.2, 0.25) is 5.02 Å². The summed E-state index contributed by atoms with van der Waals surface area (Å²) < 4.78 is 0. The van der Waals surface area contributed by atoms with Gasteiger partial charge in [0.05, 0.1) is 0 Å². The summed E-state index contributed by atoms with van der Waals surface area (Å²) in [5.74, 6) is 0. The van der Waals surface area contributed by atoms with Crippen LogP contribution in [0.15, 0.2) is 42.5 Å². The summed E-state index contributed by atoms with van der Waals surface area (Å²) in [6.45, 7) is 0.936. The molecule has 3 heteroatoms. The highest BCUT2D eigenvalue weighted by Gasteiger charge is 2.25. The van der Waals surface area contributed by atoms with Gasteiger partial charge in [0.25, 0.3) is 0 Å². The lowest BCUT2D eigenvalue weighted by Gasteiger charge is -2.25. The van der Waals surface area contributed by atoms with Gasteiger partial charge < -0.3 is 5.73 Å². The Balaban J connectivity index is 1.76. The van der Waals surface area contributed by atoms with Gasteiger partial charge in [-0.15, -0.1) is 0 Å². The number of nitrogen functional groups attached to an aromatic ring is 1. The topological polar surface area (TPSA) is 29.3 Å². The van der Waals surface area contributed by atoms with Crippen LogP contribution in [0.25, 0.3) is 0 Å². The number of nitrogens with zero attached hydrogens (tertiary/aromatic N) is 1. The zero-order chi connectivity index (χ0) is 14.1. The smallest absolute Gasteiger partial charge is 0.0406 e. The average molecular weight is 287 g/mol. The van der Waals surface area contributed by atoms with Crippen LogP contribution < -0.4 is 5.73 Å². The molecule has 20 heavy (non-hydrogen) atoms. The van der Waals surface area contributed by atoms with Crippen LogP contribution >= 0.6 is 11.6 Å². The molecule has 0 radical (unpaired) electrons. The van der Waals surface area contributed by atoms with Crippen LogP contribution in [-0.2, 0) is 13.0 Å². The van der Waals surface area contributed by atoms with Gasteiger partial charge in [-0.2, -0.15) is 0 Å². The Morgan fingerprint density at radius 1 is 1.20 bits per heavy atom. The zero-order valence-electron chi connectivity index (χ0n) is 11.6. The van der Waals surface area contributed by atoms with Crippen molar-refractivity contribution in [2.45, 2.75) is 25.4 Å². The van der Waals surface area contributed by atoms with E-state index in [1.54, 1.807) is 0 Å². The van der Waals surface area contributed by atoms with E-state index in [9.17, 15) is 0 Å². The third-order valence-electron chi connectivity index (χ3n) is 4.09. The van der Waals surface area contributed by atoms with E-state index >= 15 is 0 Å². The standard InChI is InChI=1S/C17H19ClN2/c1-20(11-12-2-5-14(18)6-3-12)17-9-4-13-10-15(19)7-8-16(13)17/h2-3,5-8,10,17H,4,9,11,19H2,1H3. The van der Waals surface area contributed by atoms with Crippen LogP contribution in [0.5, 0.6) is 0 Å². The summed E-state index contributed by atoms with van der Waals surface area (Å²) in [5, 5.41) is 0.790. The first kappa shape index (κ1) is 13.5. The third-order valence-corrected chi connectivity index (χ3v) is 4.34. The normalized spacial score (nSPS) is 17.4. The molecule has 0 aromatic heterocycles. The number of hydrogen-bond donors (Lipinski definition) is 1. The summed E-state index contributed by atoms with van der Waals surface area (Å²) in [6.07, 6.45) is 2.29. The molecule has 1 atom stereocenters. The summed E-state index contributed by atoms with van der Waals surface area (Å²) in [7, 11) is 2.19. The van der Waals surface area contributed by atoms with E-state index < -0.39 is 0 Å². The number of benzene rings is 2. The molecule has 2 nitrogen and oxygen atoms in total. The second-order valence-electron chi connectivity index (χ2n) is 5.55. The molecule has 104 valence electrons. The Morgan fingerprint density at radius 3 is 2.70 bits per heavy atom. The maximum absolute atomic E-state index is 5.93. The minimum atomic E-state index is 0.487. The fraction of sp³-hybridized carbons (Fsp3) is 0.294. The Labute approximate surface area is 125 Å². The van der Waals surface area contributed by atoms with Gasteiger partial charge in [0, 0.05) is 23.3 Å². The molecule has 0 amide bonds. The molecule has 0 heterocycles. The molecule has 1 aliphatic carbocycles. The molecule has 1 unspecified atom stereocenters. The Kier molecular flexibility index (Phi) is 3.68. The van der Waals surface area contributed by atoms with Gasteiger partial charge in [0.2, 0.25) is 0 Å². The first-order valence-corrected chi connectivity index (χ1v) is 7.34. The van der Waals surface area contributed by atoms with E-state index in [1.807, 2.05) is 18.2 Å². The molecule has 2 aromatic carbocycles. The number of hydrogen-bond acceptors (Lipinski definition) is 2. The molecule has 0 aliphatic heterocycles. The molecule has 2 N–H and O–H groups in total. The van der Waals surface area contributed by atoms with Crippen LogP contribution in [0.3, 0.4) is 0 Å². The molecule has 2 aromatic rings. The van der Waals surface area contributed by atoms with E-state index in [1.165, 1.54) is 23.1 Å². The van der Waals surface area contributed by atoms with E-state index in [4.69, 9.17) is 17.3 Å². The van der Waals surface area contributed by atoms with Gasteiger partial charge in [-0.25, -0.2) is 0 Å². The summed E-state index contributed by atoms with van der Waals surface area (Å²) in [5.41, 5.74) is 10.8. The molecule has 0 saturated heterocycles. The van der Waals surface area contributed by atoms with Gasteiger partial charge in [0.1, 0.15) is 0 Å².